The Balaban J connectivity index is 2.72. The second kappa shape index (κ2) is 5.72. The molecule has 0 aromatic carbocycles. The Bertz CT molecular complexity index is 45.8. The molecule has 52 valence electrons. The maximum atomic E-state index is 5.48. The first kappa shape index (κ1) is 8.58. The van der Waals surface area contributed by atoms with Gasteiger partial charge in [0.25, 0.3) is 0 Å². The summed E-state index contributed by atoms with van der Waals surface area (Å²) >= 11 is 2.78. The van der Waals surface area contributed by atoms with Crippen LogP contribution in [0.4, 0.5) is 0 Å². The van der Waals surface area contributed by atoms with Gasteiger partial charge in [0.1, 0.15) is 0 Å². The normalized spacial score (nSPS) is 14.0. The Hall–Kier alpha value is 0.583. The van der Waals surface area contributed by atoms with Gasteiger partial charge in [-0.2, -0.15) is 0 Å². The molecule has 0 spiro atoms. The van der Waals surface area contributed by atoms with Crippen molar-refractivity contribution in [3.8, 4) is 0 Å². The molecule has 0 fully saturated rings. The van der Waals surface area contributed by atoms with Gasteiger partial charge >= 0.3 is 61.3 Å². The van der Waals surface area contributed by atoms with Crippen LogP contribution in [0, 0.1) is 0 Å². The van der Waals surface area contributed by atoms with Gasteiger partial charge in [-0.25, -0.2) is 0 Å². The van der Waals surface area contributed by atoms with Crippen LogP contribution in [0.15, 0.2) is 0 Å². The van der Waals surface area contributed by atoms with Crippen LogP contribution in [0.5, 0.6) is 0 Å². The summed E-state index contributed by atoms with van der Waals surface area (Å²) in [5, 5.41) is 0. The molecule has 2 heteroatoms. The summed E-state index contributed by atoms with van der Waals surface area (Å²) in [7, 11) is 0. The average molecular weight is 203 g/mol. The van der Waals surface area contributed by atoms with Crippen molar-refractivity contribution in [2.24, 2.45) is 5.73 Å². The molecule has 0 amide bonds. The van der Waals surface area contributed by atoms with Gasteiger partial charge < -0.3 is 0 Å². The second-order valence-corrected chi connectivity index (χ2v) is 3.19. The number of hydrogen-bond acceptors (Lipinski definition) is 1. The van der Waals surface area contributed by atoms with Crippen LogP contribution < -0.4 is 5.73 Å². The topological polar surface area (TPSA) is 26.0 Å². The molecule has 0 aromatic rings. The number of unbranched alkanes of at least 4 members (excludes halogenated alkanes) is 2. The van der Waals surface area contributed by atoms with Gasteiger partial charge in [0, 0.05) is 0 Å². The van der Waals surface area contributed by atoms with Gasteiger partial charge in [-0.15, -0.1) is 0 Å². The fourth-order valence-electron chi connectivity index (χ4n) is 0.580. The first-order valence-corrected chi connectivity index (χ1v) is 4.09. The van der Waals surface area contributed by atoms with Crippen LogP contribution in [0.25, 0.3) is 0 Å². The Morgan fingerprint density at radius 2 is 2.12 bits per heavy atom. The van der Waals surface area contributed by atoms with E-state index in [9.17, 15) is 0 Å². The van der Waals surface area contributed by atoms with Crippen LogP contribution in [0.2, 0.25) is 0 Å². The molecule has 0 saturated carbocycles. The molecule has 1 unspecified atom stereocenters. The van der Waals surface area contributed by atoms with Crippen molar-refractivity contribution >= 4 is 0 Å². The minimum absolute atomic E-state index is 0.294. The Labute approximate surface area is 61.7 Å². The van der Waals surface area contributed by atoms with Crippen molar-refractivity contribution in [3.05, 3.63) is 0 Å². The standard InChI is InChI=1S/C6H14N.Rh/c1-2-3-4-5-6-7;/h6H,2-5,7H2,1H3;. The van der Waals surface area contributed by atoms with Gasteiger partial charge in [-0.05, 0) is 0 Å². The van der Waals surface area contributed by atoms with E-state index in [1.807, 2.05) is 0 Å². The van der Waals surface area contributed by atoms with E-state index in [1.54, 1.807) is 0 Å². The predicted molar refractivity (Wildman–Crippen MR) is 32.1 cm³/mol. The van der Waals surface area contributed by atoms with E-state index in [0.29, 0.717) is 4.64 Å². The fourth-order valence-corrected chi connectivity index (χ4v) is 0.915. The molecule has 1 nitrogen and oxygen atoms in total. The van der Waals surface area contributed by atoms with E-state index in [0.717, 1.165) is 6.42 Å². The Kier molecular flexibility index (Phi) is 6.13. The third-order valence-electron chi connectivity index (χ3n) is 1.07. The molecule has 0 saturated heterocycles. The van der Waals surface area contributed by atoms with Crippen LogP contribution in [0.1, 0.15) is 32.6 Å². The van der Waals surface area contributed by atoms with Gasteiger partial charge in [-0.3, -0.25) is 0 Å². The van der Waals surface area contributed by atoms with Gasteiger partial charge in [0.15, 0.2) is 0 Å². The zero-order chi connectivity index (χ0) is 6.41. The van der Waals surface area contributed by atoms with Crippen molar-refractivity contribution < 1.29 is 18.3 Å². The number of hydrogen-bond donors (Lipinski definition) is 1. The van der Waals surface area contributed by atoms with Gasteiger partial charge in [0.05, 0.1) is 0 Å². The number of rotatable bonds is 4. The minimum atomic E-state index is 0.294. The van der Waals surface area contributed by atoms with E-state index in [1.165, 1.54) is 19.3 Å². The van der Waals surface area contributed by atoms with Crippen LogP contribution in [-0.2, 0) is 18.3 Å². The molecule has 0 aromatic heterocycles. The molecular formula is C6H14NRh. The Morgan fingerprint density at radius 3 is 2.50 bits per heavy atom. The van der Waals surface area contributed by atoms with Crippen molar-refractivity contribution in [1.29, 1.82) is 0 Å². The van der Waals surface area contributed by atoms with E-state index >= 15 is 0 Å². The molecule has 2 N–H and O–H groups in total. The first-order valence-electron chi connectivity index (χ1n) is 3.14. The maximum absolute atomic E-state index is 5.48. The van der Waals surface area contributed by atoms with Crippen molar-refractivity contribution in [2.75, 3.05) is 0 Å². The second-order valence-electron chi connectivity index (χ2n) is 1.98. The number of nitrogens with two attached hydrogens (primary N) is 1. The molecule has 8 heavy (non-hydrogen) atoms. The third-order valence-corrected chi connectivity index (χ3v) is 1.54. The van der Waals surface area contributed by atoms with Crippen LogP contribution in [-0.4, -0.2) is 4.64 Å². The summed E-state index contributed by atoms with van der Waals surface area (Å²) in [6.07, 6.45) is 5.02. The van der Waals surface area contributed by atoms with Crippen LogP contribution in [0.3, 0.4) is 0 Å². The first-order chi connectivity index (χ1) is 3.77. The quantitative estimate of drug-likeness (QED) is 0.542. The molecule has 0 heterocycles. The summed E-state index contributed by atoms with van der Waals surface area (Å²) in [5.41, 5.74) is 5.48. The summed E-state index contributed by atoms with van der Waals surface area (Å²) < 4.78 is 0.294. The molecule has 0 aliphatic carbocycles. The summed E-state index contributed by atoms with van der Waals surface area (Å²) in [6.45, 7) is 2.20. The molecule has 0 aliphatic rings. The van der Waals surface area contributed by atoms with Crippen molar-refractivity contribution in [3.63, 3.8) is 0 Å². The van der Waals surface area contributed by atoms with Crippen LogP contribution >= 0.6 is 0 Å². The molecule has 0 radical (unpaired) electrons. The van der Waals surface area contributed by atoms with Gasteiger partial charge in [0.2, 0.25) is 0 Å². The van der Waals surface area contributed by atoms with E-state index in [2.05, 4.69) is 25.2 Å². The predicted octanol–water partition coefficient (Wildman–Crippen LogP) is 1.40. The molecule has 0 aliphatic heterocycles. The van der Waals surface area contributed by atoms with Crippen molar-refractivity contribution in [1.82, 2.24) is 0 Å². The molecule has 1 atom stereocenters. The molecule has 0 rings (SSSR count). The summed E-state index contributed by atoms with van der Waals surface area (Å²) in [6, 6.07) is 0. The van der Waals surface area contributed by atoms with Crippen molar-refractivity contribution in [2.45, 2.75) is 37.2 Å². The molecule has 0 bridgehead atoms. The van der Waals surface area contributed by atoms with E-state index < -0.39 is 0 Å². The average Bonchev–Trinajstić information content (AvgIpc) is 1.66. The van der Waals surface area contributed by atoms with Gasteiger partial charge in [-0.1, -0.05) is 0 Å². The monoisotopic (exact) mass is 203 g/mol. The third kappa shape index (κ3) is 6.58. The summed E-state index contributed by atoms with van der Waals surface area (Å²) in [4.78, 5) is 0. The zero-order valence-electron chi connectivity index (χ0n) is 5.32. The zero-order valence-corrected chi connectivity index (χ0v) is 6.96. The fraction of sp³-hybridized carbons (Fsp3) is 1.00. The van der Waals surface area contributed by atoms with E-state index in [4.69, 9.17) is 5.73 Å². The Morgan fingerprint density at radius 1 is 1.50 bits per heavy atom. The SMILES string of the molecule is CCCCC[CH](N)[Rh]. The molecular weight excluding hydrogens is 189 g/mol. The van der Waals surface area contributed by atoms with E-state index in [-0.39, 0.29) is 0 Å². The summed E-state index contributed by atoms with van der Waals surface area (Å²) in [5.74, 6) is 0.